The van der Waals surface area contributed by atoms with Crippen molar-refractivity contribution in [3.8, 4) is 0 Å². The van der Waals surface area contributed by atoms with E-state index in [4.69, 9.17) is 4.42 Å². The fourth-order valence-corrected chi connectivity index (χ4v) is 4.22. The van der Waals surface area contributed by atoms with Crippen LogP contribution in [0.2, 0.25) is 0 Å². The first-order valence-electron chi connectivity index (χ1n) is 11.6. The number of rotatable bonds is 8. The zero-order valence-corrected chi connectivity index (χ0v) is 19.6. The number of nitro groups is 1. The van der Waals surface area contributed by atoms with E-state index in [1.165, 1.54) is 18.4 Å². The molecule has 35 heavy (non-hydrogen) atoms. The number of anilines is 1. The van der Waals surface area contributed by atoms with E-state index in [1.54, 1.807) is 30.0 Å². The quantitative estimate of drug-likeness (QED) is 0.361. The lowest BCUT2D eigenvalue weighted by atomic mass is 10.1. The summed E-state index contributed by atoms with van der Waals surface area (Å²) in [7, 11) is 0. The van der Waals surface area contributed by atoms with Gasteiger partial charge in [0.1, 0.15) is 5.76 Å². The fraction of sp³-hybridized carbons (Fsp3) is 0.308. The van der Waals surface area contributed by atoms with E-state index in [1.807, 2.05) is 35.2 Å². The minimum Gasteiger partial charge on any atom is -0.469 e. The van der Waals surface area contributed by atoms with Crippen LogP contribution in [-0.4, -0.2) is 59.3 Å². The minimum atomic E-state index is -0.417. The Balaban J connectivity index is 1.34. The van der Waals surface area contributed by atoms with E-state index in [0.717, 1.165) is 11.3 Å². The van der Waals surface area contributed by atoms with E-state index in [9.17, 15) is 19.7 Å². The van der Waals surface area contributed by atoms with Crippen LogP contribution in [0.5, 0.6) is 0 Å². The highest BCUT2D eigenvalue weighted by Crippen LogP contribution is 2.21. The molecule has 1 aliphatic rings. The number of nitrogens with zero attached hydrogens (tertiary/aromatic N) is 4. The van der Waals surface area contributed by atoms with Crippen molar-refractivity contribution in [1.29, 1.82) is 0 Å². The van der Waals surface area contributed by atoms with Crippen LogP contribution >= 0.6 is 0 Å². The summed E-state index contributed by atoms with van der Waals surface area (Å²) in [4.78, 5) is 42.2. The number of hydrogen-bond acceptors (Lipinski definition) is 6. The Morgan fingerprint density at radius 2 is 1.69 bits per heavy atom. The molecule has 0 unspecified atom stereocenters. The summed E-state index contributed by atoms with van der Waals surface area (Å²) >= 11 is 0. The van der Waals surface area contributed by atoms with Crippen molar-refractivity contribution in [3.05, 3.63) is 93.9 Å². The first-order chi connectivity index (χ1) is 16.9. The van der Waals surface area contributed by atoms with Gasteiger partial charge in [-0.15, -0.1) is 0 Å². The van der Waals surface area contributed by atoms with Crippen LogP contribution in [0.15, 0.2) is 71.3 Å². The van der Waals surface area contributed by atoms with Crippen molar-refractivity contribution in [2.75, 3.05) is 37.6 Å². The molecule has 2 aromatic carbocycles. The first-order valence-corrected chi connectivity index (χ1v) is 11.6. The third-order valence-corrected chi connectivity index (χ3v) is 6.25. The van der Waals surface area contributed by atoms with Crippen LogP contribution in [0, 0.1) is 17.0 Å². The molecule has 3 aromatic rings. The second-order valence-electron chi connectivity index (χ2n) is 8.49. The molecule has 1 aliphatic heterocycles. The highest BCUT2D eigenvalue weighted by molar-refractivity contribution is 5.95. The molecule has 0 bridgehead atoms. The third-order valence-electron chi connectivity index (χ3n) is 6.25. The molecule has 2 heterocycles. The first kappa shape index (κ1) is 24.0. The van der Waals surface area contributed by atoms with Crippen LogP contribution in [0.25, 0.3) is 0 Å². The molecule has 0 radical (unpaired) electrons. The topological polar surface area (TPSA) is 100 Å². The van der Waals surface area contributed by atoms with E-state index in [2.05, 4.69) is 4.90 Å². The molecule has 9 nitrogen and oxygen atoms in total. The molecule has 2 amide bonds. The van der Waals surface area contributed by atoms with Gasteiger partial charge in [0, 0.05) is 63.5 Å². The van der Waals surface area contributed by atoms with Gasteiger partial charge in [-0.2, -0.15) is 0 Å². The lowest BCUT2D eigenvalue weighted by Crippen LogP contribution is -2.49. The number of nitro benzene ring substituents is 1. The summed E-state index contributed by atoms with van der Waals surface area (Å²) in [5, 5.41) is 10.9. The monoisotopic (exact) mass is 476 g/mol. The Morgan fingerprint density at radius 3 is 2.29 bits per heavy atom. The number of furan rings is 1. The van der Waals surface area contributed by atoms with Gasteiger partial charge in [-0.1, -0.05) is 30.3 Å². The molecular weight excluding hydrogens is 448 g/mol. The van der Waals surface area contributed by atoms with E-state index in [0.29, 0.717) is 50.6 Å². The van der Waals surface area contributed by atoms with Gasteiger partial charge in [0.05, 0.1) is 16.7 Å². The van der Waals surface area contributed by atoms with Gasteiger partial charge >= 0.3 is 0 Å². The Labute approximate surface area is 203 Å². The predicted molar refractivity (Wildman–Crippen MR) is 131 cm³/mol. The average molecular weight is 477 g/mol. The molecule has 9 heteroatoms. The molecule has 1 aromatic heterocycles. The molecular formula is C26H28N4O5. The number of carbonyl (C=O) groups excluding carboxylic acids is 2. The molecule has 182 valence electrons. The number of non-ortho nitro benzene ring substituents is 1. The van der Waals surface area contributed by atoms with Crippen molar-refractivity contribution in [1.82, 2.24) is 9.80 Å². The molecule has 4 rings (SSSR count). The van der Waals surface area contributed by atoms with Gasteiger partial charge in [0.2, 0.25) is 5.91 Å². The van der Waals surface area contributed by atoms with Gasteiger partial charge < -0.3 is 19.1 Å². The number of hydrogen-bond donors (Lipinski definition) is 0. The molecule has 0 atom stereocenters. The Hall–Kier alpha value is -4.14. The summed E-state index contributed by atoms with van der Waals surface area (Å²) in [6.45, 7) is 4.87. The zero-order valence-electron chi connectivity index (χ0n) is 19.6. The summed E-state index contributed by atoms with van der Waals surface area (Å²) in [5.41, 5.74) is 2.46. The minimum absolute atomic E-state index is 0.00290. The van der Waals surface area contributed by atoms with Crippen molar-refractivity contribution >= 4 is 23.2 Å². The molecule has 1 fully saturated rings. The van der Waals surface area contributed by atoms with Gasteiger partial charge in [-0.05, 0) is 30.7 Å². The standard InChI is InChI=1S/C26H28N4O5/c1-20-24(12-18-35-20)26(32)29(19-21-5-3-2-4-6-21)13-11-25(31)28-16-14-27(15-17-28)22-7-9-23(10-8-22)30(33)34/h2-10,12,18H,11,13-17,19H2,1H3. The molecule has 1 saturated heterocycles. The lowest BCUT2D eigenvalue weighted by molar-refractivity contribution is -0.384. The highest BCUT2D eigenvalue weighted by atomic mass is 16.6. The van der Waals surface area contributed by atoms with E-state index in [-0.39, 0.29) is 23.9 Å². The SMILES string of the molecule is Cc1occc1C(=O)N(CCC(=O)N1CCN(c2ccc([N+](=O)[O-])cc2)CC1)Cc1ccccc1. The number of carbonyl (C=O) groups is 2. The van der Waals surface area contributed by atoms with E-state index < -0.39 is 4.92 Å². The molecule has 0 N–H and O–H groups in total. The van der Waals surface area contributed by atoms with Crippen LogP contribution in [0.1, 0.15) is 28.1 Å². The molecule has 0 aliphatic carbocycles. The molecule has 0 spiro atoms. The smallest absolute Gasteiger partial charge is 0.269 e. The maximum atomic E-state index is 13.2. The van der Waals surface area contributed by atoms with Crippen LogP contribution in [0.3, 0.4) is 0 Å². The Bertz CT molecular complexity index is 1170. The van der Waals surface area contributed by atoms with Gasteiger partial charge in [-0.25, -0.2) is 0 Å². The normalized spacial score (nSPS) is 13.5. The summed E-state index contributed by atoms with van der Waals surface area (Å²) in [6, 6.07) is 17.8. The maximum Gasteiger partial charge on any atom is 0.269 e. The number of benzene rings is 2. The van der Waals surface area contributed by atoms with Crippen LogP contribution in [0.4, 0.5) is 11.4 Å². The van der Waals surface area contributed by atoms with Crippen molar-refractivity contribution in [2.45, 2.75) is 19.9 Å². The zero-order chi connectivity index (χ0) is 24.8. The van der Waals surface area contributed by atoms with Crippen molar-refractivity contribution < 1.29 is 18.9 Å². The second kappa shape index (κ2) is 10.9. The van der Waals surface area contributed by atoms with E-state index >= 15 is 0 Å². The predicted octanol–water partition coefficient (Wildman–Crippen LogP) is 3.88. The Morgan fingerprint density at radius 1 is 1.00 bits per heavy atom. The van der Waals surface area contributed by atoms with Crippen molar-refractivity contribution in [3.63, 3.8) is 0 Å². The molecule has 0 saturated carbocycles. The highest BCUT2D eigenvalue weighted by Gasteiger charge is 2.24. The maximum absolute atomic E-state index is 13.2. The fourth-order valence-electron chi connectivity index (χ4n) is 4.22. The largest absolute Gasteiger partial charge is 0.469 e. The van der Waals surface area contributed by atoms with Crippen LogP contribution < -0.4 is 4.90 Å². The summed E-state index contributed by atoms with van der Waals surface area (Å²) < 4.78 is 5.31. The van der Waals surface area contributed by atoms with Gasteiger partial charge in [-0.3, -0.25) is 19.7 Å². The second-order valence-corrected chi connectivity index (χ2v) is 8.49. The Kier molecular flexibility index (Phi) is 7.45. The van der Waals surface area contributed by atoms with Gasteiger partial charge in [0.25, 0.3) is 11.6 Å². The summed E-state index contributed by atoms with van der Waals surface area (Å²) in [5.74, 6) is 0.403. The number of aryl methyl sites for hydroxylation is 1. The lowest BCUT2D eigenvalue weighted by Gasteiger charge is -2.36. The number of amides is 2. The number of piperazine rings is 1. The van der Waals surface area contributed by atoms with Crippen molar-refractivity contribution in [2.24, 2.45) is 0 Å². The summed E-state index contributed by atoms with van der Waals surface area (Å²) in [6.07, 6.45) is 1.73. The van der Waals surface area contributed by atoms with Gasteiger partial charge in [0.15, 0.2) is 0 Å². The third kappa shape index (κ3) is 5.87. The average Bonchev–Trinajstić information content (AvgIpc) is 3.32. The van der Waals surface area contributed by atoms with Crippen LogP contribution in [-0.2, 0) is 11.3 Å².